The van der Waals surface area contributed by atoms with Crippen molar-refractivity contribution in [3.8, 4) is 0 Å². The highest BCUT2D eigenvalue weighted by atomic mass is 79.9. The van der Waals surface area contributed by atoms with Crippen LogP contribution in [-0.2, 0) is 11.2 Å². The number of hydrogen-bond acceptors (Lipinski definition) is 3. The molecule has 0 aliphatic carbocycles. The molecule has 4 nitrogen and oxygen atoms in total. The van der Waals surface area contributed by atoms with E-state index in [0.717, 1.165) is 5.56 Å². The second-order valence-corrected chi connectivity index (χ2v) is 4.31. The smallest absolute Gasteiger partial charge is 0.269 e. The fraction of sp³-hybridized carbons (Fsp3) is 0.300. The van der Waals surface area contributed by atoms with Crippen molar-refractivity contribution in [1.29, 1.82) is 0 Å². The highest BCUT2D eigenvalue weighted by Gasteiger charge is 2.12. The van der Waals surface area contributed by atoms with Gasteiger partial charge in [0.1, 0.15) is 5.78 Å². The van der Waals surface area contributed by atoms with Gasteiger partial charge in [-0.1, -0.05) is 28.1 Å². The van der Waals surface area contributed by atoms with Gasteiger partial charge in [-0.2, -0.15) is 0 Å². The number of nitro groups is 1. The van der Waals surface area contributed by atoms with Gasteiger partial charge in [-0.15, -0.1) is 0 Å². The molecule has 0 radical (unpaired) electrons. The first-order chi connectivity index (χ1) is 7.00. The van der Waals surface area contributed by atoms with Gasteiger partial charge in [0.25, 0.3) is 5.69 Å². The van der Waals surface area contributed by atoms with E-state index in [1.165, 1.54) is 19.1 Å². The highest BCUT2D eigenvalue weighted by Crippen LogP contribution is 2.17. The van der Waals surface area contributed by atoms with Crippen LogP contribution in [0, 0.1) is 10.1 Å². The van der Waals surface area contributed by atoms with E-state index in [-0.39, 0.29) is 16.3 Å². The van der Waals surface area contributed by atoms with Gasteiger partial charge in [0.05, 0.1) is 9.75 Å². The third-order valence-corrected chi connectivity index (χ3v) is 2.95. The van der Waals surface area contributed by atoms with Crippen molar-refractivity contribution < 1.29 is 9.72 Å². The van der Waals surface area contributed by atoms with Crippen LogP contribution in [0.5, 0.6) is 0 Å². The van der Waals surface area contributed by atoms with Gasteiger partial charge >= 0.3 is 0 Å². The Labute approximate surface area is 95.6 Å². The van der Waals surface area contributed by atoms with Gasteiger partial charge < -0.3 is 0 Å². The summed E-state index contributed by atoms with van der Waals surface area (Å²) < 4.78 is 0. The number of carbonyl (C=O) groups is 1. The molecule has 0 spiro atoms. The van der Waals surface area contributed by atoms with Gasteiger partial charge in [-0.05, 0) is 18.9 Å². The summed E-state index contributed by atoms with van der Waals surface area (Å²) in [4.78, 5) is 20.8. The molecule has 0 bridgehead atoms. The van der Waals surface area contributed by atoms with Crippen molar-refractivity contribution in [3.05, 3.63) is 39.9 Å². The first kappa shape index (κ1) is 11.8. The monoisotopic (exact) mass is 271 g/mol. The first-order valence-corrected chi connectivity index (χ1v) is 5.30. The van der Waals surface area contributed by atoms with Crippen molar-refractivity contribution in [2.24, 2.45) is 0 Å². The van der Waals surface area contributed by atoms with Gasteiger partial charge in [0, 0.05) is 12.1 Å². The number of alkyl halides is 1. The van der Waals surface area contributed by atoms with E-state index in [4.69, 9.17) is 0 Å². The van der Waals surface area contributed by atoms with Crippen molar-refractivity contribution in [2.45, 2.75) is 18.2 Å². The molecule has 0 amide bonds. The lowest BCUT2D eigenvalue weighted by atomic mass is 10.1. The number of hydrogen-bond donors (Lipinski definition) is 0. The molecule has 5 heteroatoms. The van der Waals surface area contributed by atoms with Crippen LogP contribution in [0.25, 0.3) is 0 Å². The van der Waals surface area contributed by atoms with E-state index in [9.17, 15) is 14.9 Å². The van der Waals surface area contributed by atoms with Crippen LogP contribution < -0.4 is 0 Å². The fourth-order valence-electron chi connectivity index (χ4n) is 1.15. The number of Topliss-reactive ketones (excluding diaryl/α,β-unsaturated/α-hetero) is 1. The summed E-state index contributed by atoms with van der Waals surface area (Å²) in [7, 11) is 0. The average molecular weight is 272 g/mol. The third kappa shape index (κ3) is 3.43. The predicted octanol–water partition coefficient (Wildman–Crippen LogP) is 2.49. The number of halogens is 1. The number of carbonyl (C=O) groups excluding carboxylic acids is 1. The maximum absolute atomic E-state index is 11.0. The lowest BCUT2D eigenvalue weighted by molar-refractivity contribution is -0.384. The number of benzene rings is 1. The zero-order valence-corrected chi connectivity index (χ0v) is 9.73. The second-order valence-electron chi connectivity index (χ2n) is 3.21. The largest absolute Gasteiger partial charge is 0.299 e. The maximum atomic E-state index is 11.0. The summed E-state index contributed by atoms with van der Waals surface area (Å²) in [5, 5.41) is 10.5. The number of rotatable bonds is 4. The molecule has 1 aromatic carbocycles. The van der Waals surface area contributed by atoms with Crippen molar-refractivity contribution >= 4 is 27.4 Å². The van der Waals surface area contributed by atoms with Crippen LogP contribution in [-0.4, -0.2) is 15.5 Å². The summed E-state index contributed by atoms with van der Waals surface area (Å²) in [6, 6.07) is 6.30. The number of nitrogens with zero attached hydrogens (tertiary/aromatic N) is 1. The Kier molecular flexibility index (Phi) is 3.96. The molecular formula is C10H10BrNO3. The Balaban J connectivity index is 2.82. The molecule has 0 saturated heterocycles. The molecule has 1 rings (SSSR count). The van der Waals surface area contributed by atoms with Crippen molar-refractivity contribution in [2.75, 3.05) is 0 Å². The fourth-order valence-corrected chi connectivity index (χ4v) is 1.52. The van der Waals surface area contributed by atoms with Crippen LogP contribution in [0.3, 0.4) is 0 Å². The lowest BCUT2D eigenvalue weighted by Crippen LogP contribution is -2.12. The summed E-state index contributed by atoms with van der Waals surface area (Å²) in [5.41, 5.74) is 0.831. The van der Waals surface area contributed by atoms with Crippen LogP contribution >= 0.6 is 15.9 Å². The average Bonchev–Trinajstić information content (AvgIpc) is 2.18. The first-order valence-electron chi connectivity index (χ1n) is 4.38. The minimum Gasteiger partial charge on any atom is -0.299 e. The third-order valence-electron chi connectivity index (χ3n) is 1.98. The number of non-ortho nitro benzene ring substituents is 1. The van der Waals surface area contributed by atoms with E-state index in [1.54, 1.807) is 12.1 Å². The topological polar surface area (TPSA) is 60.2 Å². The minimum absolute atomic E-state index is 0.0153. The number of nitro benzene ring substituents is 1. The van der Waals surface area contributed by atoms with E-state index in [2.05, 4.69) is 15.9 Å². The number of ketones is 1. The normalized spacial score (nSPS) is 12.1. The standard InChI is InChI=1S/C10H10BrNO3/c1-7(13)10(11)6-8-3-2-4-9(5-8)12(14)15/h2-5,10H,6H2,1H3. The molecule has 1 atom stereocenters. The van der Waals surface area contributed by atoms with E-state index < -0.39 is 4.92 Å². The molecule has 1 unspecified atom stereocenters. The molecule has 0 N–H and O–H groups in total. The maximum Gasteiger partial charge on any atom is 0.269 e. The Hall–Kier alpha value is -1.23. The molecular weight excluding hydrogens is 262 g/mol. The minimum atomic E-state index is -0.444. The van der Waals surface area contributed by atoms with Crippen molar-refractivity contribution in [1.82, 2.24) is 0 Å². The van der Waals surface area contributed by atoms with Crippen LogP contribution in [0.1, 0.15) is 12.5 Å². The molecule has 0 heterocycles. The Morgan fingerprint density at radius 1 is 1.60 bits per heavy atom. The van der Waals surface area contributed by atoms with Crippen molar-refractivity contribution in [3.63, 3.8) is 0 Å². The summed E-state index contributed by atoms with van der Waals surface area (Å²) in [6.07, 6.45) is 0.469. The quantitative estimate of drug-likeness (QED) is 0.480. The van der Waals surface area contributed by atoms with Gasteiger partial charge in [-0.25, -0.2) is 0 Å². The van der Waals surface area contributed by atoms with Gasteiger partial charge in [-0.3, -0.25) is 14.9 Å². The molecule has 0 fully saturated rings. The van der Waals surface area contributed by atoms with Gasteiger partial charge in [0.2, 0.25) is 0 Å². The highest BCUT2D eigenvalue weighted by molar-refractivity contribution is 9.10. The summed E-state index contributed by atoms with van der Waals surface area (Å²) in [6.45, 7) is 1.48. The van der Waals surface area contributed by atoms with E-state index in [0.29, 0.717) is 6.42 Å². The Morgan fingerprint density at radius 2 is 2.27 bits per heavy atom. The lowest BCUT2D eigenvalue weighted by Gasteiger charge is -2.05. The SMILES string of the molecule is CC(=O)C(Br)Cc1cccc([N+](=O)[O-])c1. The molecule has 80 valence electrons. The Morgan fingerprint density at radius 3 is 2.80 bits per heavy atom. The predicted molar refractivity (Wildman–Crippen MR) is 60.2 cm³/mol. The van der Waals surface area contributed by atoms with Crippen LogP contribution in [0.2, 0.25) is 0 Å². The van der Waals surface area contributed by atoms with E-state index >= 15 is 0 Å². The Bertz CT molecular complexity index is 392. The summed E-state index contributed by atoms with van der Waals surface area (Å²) in [5.74, 6) is 0.0153. The molecule has 1 aromatic rings. The second kappa shape index (κ2) is 5.02. The molecule has 0 aliphatic rings. The van der Waals surface area contributed by atoms with Crippen LogP contribution in [0.4, 0.5) is 5.69 Å². The zero-order chi connectivity index (χ0) is 11.4. The molecule has 0 aromatic heterocycles. The molecule has 0 aliphatic heterocycles. The van der Waals surface area contributed by atoms with Crippen LogP contribution in [0.15, 0.2) is 24.3 Å². The summed E-state index contributed by atoms with van der Waals surface area (Å²) >= 11 is 3.22. The van der Waals surface area contributed by atoms with E-state index in [1.807, 2.05) is 0 Å². The van der Waals surface area contributed by atoms with Gasteiger partial charge in [0.15, 0.2) is 0 Å². The zero-order valence-electron chi connectivity index (χ0n) is 8.14. The molecule has 15 heavy (non-hydrogen) atoms. The molecule has 0 saturated carbocycles.